The van der Waals surface area contributed by atoms with Crippen LogP contribution in [0.5, 0.6) is 0 Å². The van der Waals surface area contributed by atoms with Crippen molar-refractivity contribution in [2.75, 3.05) is 18.9 Å². The predicted octanol–water partition coefficient (Wildman–Crippen LogP) is 2.27. The van der Waals surface area contributed by atoms with Crippen LogP contribution in [-0.2, 0) is 11.3 Å². The number of benzene rings is 2. The second-order valence-electron chi connectivity index (χ2n) is 6.16. The van der Waals surface area contributed by atoms with Crippen molar-refractivity contribution in [3.63, 3.8) is 0 Å². The van der Waals surface area contributed by atoms with Crippen molar-refractivity contribution >= 4 is 11.6 Å². The summed E-state index contributed by atoms with van der Waals surface area (Å²) < 4.78 is 0. The average molecular weight is 297 g/mol. The summed E-state index contributed by atoms with van der Waals surface area (Å²) in [5.41, 5.74) is 5.77. The van der Waals surface area contributed by atoms with Crippen LogP contribution < -0.4 is 10.2 Å². The lowest BCUT2D eigenvalue weighted by Crippen LogP contribution is -3.08. The fourth-order valence-corrected chi connectivity index (χ4v) is 2.72. The van der Waals surface area contributed by atoms with E-state index in [9.17, 15) is 4.79 Å². The minimum atomic E-state index is 0.0519. The zero-order valence-corrected chi connectivity index (χ0v) is 13.9. The molecule has 0 saturated heterocycles. The average Bonchev–Trinajstić information content (AvgIpc) is 2.39. The Hall–Kier alpha value is -2.13. The number of likely N-dealkylation sites (N-methyl/N-ethyl adjacent to an activating group) is 1. The van der Waals surface area contributed by atoms with Gasteiger partial charge in [-0.1, -0.05) is 30.3 Å². The number of rotatable bonds is 5. The first-order valence-electron chi connectivity index (χ1n) is 7.68. The molecular formula is C19H25N2O+. The van der Waals surface area contributed by atoms with Crippen LogP contribution in [0.15, 0.2) is 42.5 Å². The quantitative estimate of drug-likeness (QED) is 0.872. The van der Waals surface area contributed by atoms with Crippen LogP contribution in [0.25, 0.3) is 0 Å². The van der Waals surface area contributed by atoms with Gasteiger partial charge in [0.15, 0.2) is 6.54 Å². The first-order chi connectivity index (χ1) is 10.4. The molecule has 0 bridgehead atoms. The number of nitrogens with one attached hydrogen (secondary N) is 2. The lowest BCUT2D eigenvalue weighted by Gasteiger charge is -2.15. The minimum Gasteiger partial charge on any atom is -0.326 e. The Morgan fingerprint density at radius 1 is 1.05 bits per heavy atom. The minimum absolute atomic E-state index is 0.0519. The van der Waals surface area contributed by atoms with E-state index in [-0.39, 0.29) is 5.91 Å². The molecule has 0 saturated carbocycles. The molecule has 0 radical (unpaired) electrons. The maximum atomic E-state index is 12.2. The van der Waals surface area contributed by atoms with Crippen molar-refractivity contribution in [1.82, 2.24) is 0 Å². The lowest BCUT2D eigenvalue weighted by molar-refractivity contribution is -0.885. The molecule has 3 nitrogen and oxygen atoms in total. The zero-order valence-electron chi connectivity index (χ0n) is 13.9. The summed E-state index contributed by atoms with van der Waals surface area (Å²) in [5, 5.41) is 3.00. The molecule has 22 heavy (non-hydrogen) atoms. The van der Waals surface area contributed by atoms with E-state index in [1.807, 2.05) is 45.2 Å². The summed E-state index contributed by atoms with van der Waals surface area (Å²) in [5.74, 6) is 0.0519. The molecule has 0 aromatic heterocycles. The highest BCUT2D eigenvalue weighted by atomic mass is 16.2. The molecule has 2 rings (SSSR count). The van der Waals surface area contributed by atoms with Gasteiger partial charge in [-0.15, -0.1) is 0 Å². The van der Waals surface area contributed by atoms with Crippen LogP contribution in [0, 0.1) is 20.8 Å². The topological polar surface area (TPSA) is 33.5 Å². The molecule has 0 heterocycles. The molecule has 0 aliphatic heterocycles. The highest BCUT2D eigenvalue weighted by Crippen LogP contribution is 2.13. The van der Waals surface area contributed by atoms with E-state index in [4.69, 9.17) is 0 Å². The smallest absolute Gasteiger partial charge is 0.279 e. The maximum absolute atomic E-state index is 12.2. The Bertz CT molecular complexity index is 644. The van der Waals surface area contributed by atoms with Gasteiger partial charge in [0.05, 0.1) is 7.05 Å². The molecule has 1 amide bonds. The van der Waals surface area contributed by atoms with Gasteiger partial charge in [0, 0.05) is 11.3 Å². The number of aryl methyl sites for hydroxylation is 3. The SMILES string of the molecule is Cc1cc(C)cc(NC(=O)C[NH+](C)Cc2ccccc2C)c1. The molecule has 0 spiro atoms. The number of carbonyl (C=O) groups is 1. The Kier molecular flexibility index (Phi) is 5.34. The Labute approximate surface area is 133 Å². The summed E-state index contributed by atoms with van der Waals surface area (Å²) in [6, 6.07) is 14.4. The molecule has 0 aliphatic carbocycles. The third kappa shape index (κ3) is 4.71. The van der Waals surface area contributed by atoms with Crippen LogP contribution in [0.4, 0.5) is 5.69 Å². The first-order valence-corrected chi connectivity index (χ1v) is 7.68. The summed E-state index contributed by atoms with van der Waals surface area (Å²) in [6.07, 6.45) is 0. The van der Waals surface area contributed by atoms with Gasteiger partial charge < -0.3 is 10.2 Å². The van der Waals surface area contributed by atoms with Crippen molar-refractivity contribution in [2.24, 2.45) is 0 Å². The molecule has 2 aromatic rings. The standard InChI is InChI=1S/C19H24N2O/c1-14-9-15(2)11-18(10-14)20-19(22)13-21(4)12-17-8-6-5-7-16(17)3/h5-11H,12-13H2,1-4H3,(H,20,22)/p+1. The van der Waals surface area contributed by atoms with E-state index in [2.05, 4.69) is 30.4 Å². The summed E-state index contributed by atoms with van der Waals surface area (Å²) in [7, 11) is 2.05. The van der Waals surface area contributed by atoms with Gasteiger partial charge in [-0.05, 0) is 49.6 Å². The summed E-state index contributed by atoms with van der Waals surface area (Å²) in [6.45, 7) is 7.50. The van der Waals surface area contributed by atoms with Crippen molar-refractivity contribution in [3.8, 4) is 0 Å². The van der Waals surface area contributed by atoms with Crippen molar-refractivity contribution in [2.45, 2.75) is 27.3 Å². The van der Waals surface area contributed by atoms with E-state index < -0.39 is 0 Å². The predicted molar refractivity (Wildman–Crippen MR) is 91.2 cm³/mol. The van der Waals surface area contributed by atoms with Crippen molar-refractivity contribution < 1.29 is 9.69 Å². The number of hydrogen-bond acceptors (Lipinski definition) is 1. The van der Waals surface area contributed by atoms with Crippen LogP contribution >= 0.6 is 0 Å². The van der Waals surface area contributed by atoms with Gasteiger partial charge in [0.1, 0.15) is 6.54 Å². The number of hydrogen-bond donors (Lipinski definition) is 2. The Balaban J connectivity index is 1.92. The van der Waals surface area contributed by atoms with Crippen LogP contribution in [-0.4, -0.2) is 19.5 Å². The van der Waals surface area contributed by atoms with E-state index in [0.717, 1.165) is 23.4 Å². The third-order valence-corrected chi connectivity index (χ3v) is 3.72. The van der Waals surface area contributed by atoms with Crippen molar-refractivity contribution in [1.29, 1.82) is 0 Å². The van der Waals surface area contributed by atoms with E-state index in [1.165, 1.54) is 16.0 Å². The van der Waals surface area contributed by atoms with Gasteiger partial charge in [-0.25, -0.2) is 0 Å². The molecule has 1 atom stereocenters. The monoisotopic (exact) mass is 297 g/mol. The van der Waals surface area contributed by atoms with Gasteiger partial charge in [-0.2, -0.15) is 0 Å². The van der Waals surface area contributed by atoms with Crippen LogP contribution in [0.1, 0.15) is 22.3 Å². The Morgan fingerprint density at radius 3 is 2.32 bits per heavy atom. The van der Waals surface area contributed by atoms with Gasteiger partial charge in [0.2, 0.25) is 0 Å². The zero-order chi connectivity index (χ0) is 16.1. The molecular weight excluding hydrogens is 272 g/mol. The number of carbonyl (C=O) groups excluding carboxylic acids is 1. The highest BCUT2D eigenvalue weighted by Gasteiger charge is 2.12. The van der Waals surface area contributed by atoms with E-state index in [0.29, 0.717) is 6.54 Å². The molecule has 0 fully saturated rings. The fourth-order valence-electron chi connectivity index (χ4n) is 2.72. The number of quaternary nitrogens is 1. The van der Waals surface area contributed by atoms with Crippen molar-refractivity contribution in [3.05, 3.63) is 64.7 Å². The molecule has 116 valence electrons. The second kappa shape index (κ2) is 7.23. The molecule has 2 N–H and O–H groups in total. The fraction of sp³-hybridized carbons (Fsp3) is 0.316. The van der Waals surface area contributed by atoms with Gasteiger partial charge in [0.25, 0.3) is 5.91 Å². The molecule has 1 unspecified atom stereocenters. The summed E-state index contributed by atoms with van der Waals surface area (Å²) in [4.78, 5) is 13.4. The maximum Gasteiger partial charge on any atom is 0.279 e. The number of amides is 1. The van der Waals surface area contributed by atoms with Crippen LogP contribution in [0.2, 0.25) is 0 Å². The largest absolute Gasteiger partial charge is 0.326 e. The molecule has 0 aliphatic rings. The molecule has 3 heteroatoms. The Morgan fingerprint density at radius 2 is 1.68 bits per heavy atom. The van der Waals surface area contributed by atoms with Crippen LogP contribution in [0.3, 0.4) is 0 Å². The van der Waals surface area contributed by atoms with Gasteiger partial charge in [-0.3, -0.25) is 4.79 Å². The third-order valence-electron chi connectivity index (χ3n) is 3.72. The van der Waals surface area contributed by atoms with Gasteiger partial charge >= 0.3 is 0 Å². The highest BCUT2D eigenvalue weighted by molar-refractivity contribution is 5.91. The summed E-state index contributed by atoms with van der Waals surface area (Å²) >= 11 is 0. The second-order valence-corrected chi connectivity index (χ2v) is 6.16. The first kappa shape index (κ1) is 16.2. The van der Waals surface area contributed by atoms with E-state index in [1.54, 1.807) is 0 Å². The van der Waals surface area contributed by atoms with E-state index >= 15 is 0 Å². The lowest BCUT2D eigenvalue weighted by atomic mass is 10.1. The molecule has 2 aromatic carbocycles. The number of anilines is 1. The normalized spacial score (nSPS) is 12.0.